The Kier molecular flexibility index (Phi) is 5.34. The highest BCUT2D eigenvalue weighted by molar-refractivity contribution is 9.11. The van der Waals surface area contributed by atoms with Gasteiger partial charge in [0.1, 0.15) is 10.3 Å². The molecular formula is C14H12Br2N8O. The maximum Gasteiger partial charge on any atom is 0.319 e. The minimum atomic E-state index is -0.420. The van der Waals surface area contributed by atoms with E-state index < -0.39 is 12.1 Å². The van der Waals surface area contributed by atoms with Crippen molar-refractivity contribution in [3.05, 3.63) is 51.8 Å². The van der Waals surface area contributed by atoms with Crippen molar-refractivity contribution in [2.75, 3.05) is 5.32 Å². The van der Waals surface area contributed by atoms with Crippen molar-refractivity contribution in [1.82, 2.24) is 35.3 Å². The molecule has 128 valence electrons. The van der Waals surface area contributed by atoms with Crippen LogP contribution in [0, 0.1) is 0 Å². The Morgan fingerprint density at radius 1 is 1.12 bits per heavy atom. The highest BCUT2D eigenvalue weighted by Gasteiger charge is 2.18. The fraction of sp³-hybridized carbons (Fsp3) is 0.143. The van der Waals surface area contributed by atoms with Crippen molar-refractivity contribution in [2.45, 2.75) is 13.0 Å². The first-order chi connectivity index (χ1) is 12.0. The number of pyridine rings is 1. The van der Waals surface area contributed by atoms with E-state index in [1.807, 2.05) is 0 Å². The molecule has 25 heavy (non-hydrogen) atoms. The smallest absolute Gasteiger partial charge is 0.319 e. The number of nitrogens with one attached hydrogen (secondary N) is 2. The van der Waals surface area contributed by atoms with E-state index in [0.717, 1.165) is 0 Å². The first-order valence-electron chi connectivity index (χ1n) is 7.10. The van der Waals surface area contributed by atoms with Gasteiger partial charge in [-0.3, -0.25) is 4.98 Å². The quantitative estimate of drug-likeness (QED) is 0.570. The fourth-order valence-corrected chi connectivity index (χ4v) is 3.11. The molecule has 0 radical (unpaired) electrons. The Morgan fingerprint density at radius 2 is 1.84 bits per heavy atom. The van der Waals surface area contributed by atoms with Gasteiger partial charge in [-0.25, -0.2) is 14.8 Å². The Morgan fingerprint density at radius 3 is 2.56 bits per heavy atom. The highest BCUT2D eigenvalue weighted by atomic mass is 79.9. The maximum absolute atomic E-state index is 12.3. The van der Waals surface area contributed by atoms with E-state index in [0.29, 0.717) is 26.3 Å². The molecule has 3 aromatic heterocycles. The molecule has 2 amide bonds. The van der Waals surface area contributed by atoms with Crippen LogP contribution in [0.3, 0.4) is 0 Å². The molecule has 3 rings (SSSR count). The van der Waals surface area contributed by atoms with Crippen LogP contribution in [0.1, 0.15) is 18.7 Å². The molecule has 1 atom stereocenters. The van der Waals surface area contributed by atoms with E-state index in [9.17, 15) is 4.79 Å². The first kappa shape index (κ1) is 17.4. The van der Waals surface area contributed by atoms with E-state index in [1.54, 1.807) is 44.0 Å². The van der Waals surface area contributed by atoms with Gasteiger partial charge in [0.15, 0.2) is 5.82 Å². The minimum Gasteiger partial charge on any atom is -0.330 e. The second-order valence-electron chi connectivity index (χ2n) is 4.89. The molecule has 1 unspecified atom stereocenters. The molecule has 0 aromatic carbocycles. The van der Waals surface area contributed by atoms with Crippen LogP contribution < -0.4 is 10.6 Å². The zero-order chi connectivity index (χ0) is 17.8. The van der Waals surface area contributed by atoms with Crippen LogP contribution in [0.5, 0.6) is 0 Å². The third kappa shape index (κ3) is 4.17. The normalized spacial score (nSPS) is 11.8. The van der Waals surface area contributed by atoms with Gasteiger partial charge in [-0.1, -0.05) is 0 Å². The van der Waals surface area contributed by atoms with Gasteiger partial charge in [0.25, 0.3) is 0 Å². The third-order valence-electron chi connectivity index (χ3n) is 3.14. The average Bonchev–Trinajstić information content (AvgIpc) is 3.12. The van der Waals surface area contributed by atoms with Crippen molar-refractivity contribution in [2.24, 2.45) is 0 Å². The third-order valence-corrected chi connectivity index (χ3v) is 4.23. The predicted molar refractivity (Wildman–Crippen MR) is 97.2 cm³/mol. The molecule has 0 saturated heterocycles. The van der Waals surface area contributed by atoms with Crippen LogP contribution in [0.25, 0.3) is 5.82 Å². The summed E-state index contributed by atoms with van der Waals surface area (Å²) in [6, 6.07) is 0.919. The topological polar surface area (TPSA) is 111 Å². The van der Waals surface area contributed by atoms with Crippen molar-refractivity contribution >= 4 is 43.6 Å². The molecule has 0 aliphatic heterocycles. The Labute approximate surface area is 159 Å². The van der Waals surface area contributed by atoms with E-state index >= 15 is 0 Å². The summed E-state index contributed by atoms with van der Waals surface area (Å²) in [6.07, 6.45) is 7.72. The van der Waals surface area contributed by atoms with Gasteiger partial charge in [0.2, 0.25) is 0 Å². The first-order valence-corrected chi connectivity index (χ1v) is 8.69. The van der Waals surface area contributed by atoms with Gasteiger partial charge < -0.3 is 10.6 Å². The molecule has 3 heterocycles. The van der Waals surface area contributed by atoms with Crippen LogP contribution in [0.15, 0.2) is 46.1 Å². The van der Waals surface area contributed by atoms with Crippen molar-refractivity contribution in [1.29, 1.82) is 0 Å². The number of hydrogen-bond donors (Lipinski definition) is 2. The van der Waals surface area contributed by atoms with E-state index in [2.05, 4.69) is 67.6 Å². The number of urea groups is 1. The molecule has 0 bridgehead atoms. The number of anilines is 1. The van der Waals surface area contributed by atoms with Gasteiger partial charge in [-0.2, -0.15) is 10.2 Å². The lowest BCUT2D eigenvalue weighted by Crippen LogP contribution is -2.32. The molecule has 9 nitrogen and oxygen atoms in total. The summed E-state index contributed by atoms with van der Waals surface area (Å²) in [5.41, 5.74) is 1.09. The minimum absolute atomic E-state index is 0.401. The van der Waals surface area contributed by atoms with Crippen LogP contribution in [0.2, 0.25) is 0 Å². The largest absolute Gasteiger partial charge is 0.330 e. The standard InChI is InChI=1S/C14H12Br2N8O/c1-8(12-13(18-3-2-17-12)24-20-4-5-21-24)22-14(25)23-10-7-19-11(16)6-9(10)15/h2-8H,1H3,(H2,22,23,25). The van der Waals surface area contributed by atoms with E-state index in [-0.39, 0.29) is 0 Å². The Bertz CT molecular complexity index is 886. The number of aromatic nitrogens is 6. The second kappa shape index (κ2) is 7.66. The average molecular weight is 468 g/mol. The lowest BCUT2D eigenvalue weighted by Gasteiger charge is -2.16. The fourth-order valence-electron chi connectivity index (χ4n) is 2.05. The predicted octanol–water partition coefficient (Wildman–Crippen LogP) is 2.86. The molecular weight excluding hydrogens is 456 g/mol. The summed E-state index contributed by atoms with van der Waals surface area (Å²) in [5, 5.41) is 13.6. The van der Waals surface area contributed by atoms with Crippen LogP contribution in [0.4, 0.5) is 10.5 Å². The van der Waals surface area contributed by atoms with Crippen molar-refractivity contribution in [3.63, 3.8) is 0 Å². The van der Waals surface area contributed by atoms with Crippen molar-refractivity contribution < 1.29 is 4.79 Å². The van der Waals surface area contributed by atoms with Crippen LogP contribution in [-0.4, -0.2) is 36.0 Å². The van der Waals surface area contributed by atoms with Gasteiger partial charge >= 0.3 is 6.03 Å². The summed E-state index contributed by atoms with van der Waals surface area (Å²) < 4.78 is 1.37. The van der Waals surface area contributed by atoms with Crippen LogP contribution in [-0.2, 0) is 0 Å². The molecule has 0 spiro atoms. The summed E-state index contributed by atoms with van der Waals surface area (Å²) in [4.78, 5) is 26.2. The molecule has 0 aliphatic rings. The summed E-state index contributed by atoms with van der Waals surface area (Å²) in [5.74, 6) is 0.451. The number of hydrogen-bond acceptors (Lipinski definition) is 6. The Balaban J connectivity index is 1.74. The molecule has 0 aliphatic carbocycles. The molecule has 2 N–H and O–H groups in total. The molecule has 3 aromatic rings. The SMILES string of the molecule is CC(NC(=O)Nc1cnc(Br)cc1Br)c1nccnc1-n1nccn1. The van der Waals surface area contributed by atoms with Crippen LogP contribution >= 0.6 is 31.9 Å². The maximum atomic E-state index is 12.3. The highest BCUT2D eigenvalue weighted by Crippen LogP contribution is 2.24. The van der Waals surface area contributed by atoms with E-state index in [1.165, 1.54) is 4.80 Å². The van der Waals surface area contributed by atoms with Gasteiger partial charge in [-0.15, -0.1) is 4.80 Å². The van der Waals surface area contributed by atoms with Crippen molar-refractivity contribution in [3.8, 4) is 5.82 Å². The lowest BCUT2D eigenvalue weighted by atomic mass is 10.2. The zero-order valence-corrected chi connectivity index (χ0v) is 16.1. The van der Waals surface area contributed by atoms with E-state index in [4.69, 9.17) is 0 Å². The summed E-state index contributed by atoms with van der Waals surface area (Å²) in [7, 11) is 0. The number of rotatable bonds is 4. The van der Waals surface area contributed by atoms with Gasteiger partial charge in [-0.05, 0) is 44.8 Å². The number of amides is 2. The molecule has 0 fully saturated rings. The molecule has 0 saturated carbocycles. The number of carbonyl (C=O) groups excluding carboxylic acids is 1. The summed E-state index contributed by atoms with van der Waals surface area (Å²) >= 11 is 6.63. The van der Waals surface area contributed by atoms with Gasteiger partial charge in [0.05, 0.1) is 30.3 Å². The number of halogens is 2. The van der Waals surface area contributed by atoms with Gasteiger partial charge in [0, 0.05) is 16.9 Å². The number of nitrogens with zero attached hydrogens (tertiary/aromatic N) is 6. The number of carbonyl (C=O) groups is 1. The monoisotopic (exact) mass is 466 g/mol. The Hall–Kier alpha value is -2.40. The molecule has 11 heteroatoms. The second-order valence-corrected chi connectivity index (χ2v) is 6.56. The summed E-state index contributed by atoms with van der Waals surface area (Å²) in [6.45, 7) is 1.80. The lowest BCUT2D eigenvalue weighted by molar-refractivity contribution is 0.249. The zero-order valence-electron chi connectivity index (χ0n) is 12.9.